The number of anilines is 1. The van der Waals surface area contributed by atoms with Crippen LogP contribution in [0, 0.1) is 0 Å². The Kier molecular flexibility index (Phi) is 15.0. The Morgan fingerprint density at radius 2 is 0.843 bits per heavy atom. The van der Waals surface area contributed by atoms with E-state index in [0.29, 0.717) is 21.6 Å². The summed E-state index contributed by atoms with van der Waals surface area (Å²) in [6, 6.07) is 4.58. The third kappa shape index (κ3) is 12.2. The molecule has 51 heavy (non-hydrogen) atoms. The van der Waals surface area contributed by atoms with Gasteiger partial charge in [-0.05, 0) is 0 Å². The second-order valence-electron chi connectivity index (χ2n) is 10.7. The lowest BCUT2D eigenvalue weighted by Crippen LogP contribution is -2.32. The van der Waals surface area contributed by atoms with Gasteiger partial charge in [0, 0.05) is 56.0 Å². The standard InChI is InChI=1S/C32H37N3O16/c36-25-1-2-26(37)33(25)22-19-23(48-17-15-46-13-11-44-9-7-31(42)50-34-27(38)3-4-28(34)39)21-24(20-22)49-18-16-47-14-12-45-10-8-32(43)51-35-29(40)5-6-30(35)41/h1-2,19-21H,3-18H2. The van der Waals surface area contributed by atoms with Gasteiger partial charge in [0.05, 0.1) is 71.4 Å². The van der Waals surface area contributed by atoms with E-state index in [1.807, 2.05) is 0 Å². The minimum atomic E-state index is -0.766. The van der Waals surface area contributed by atoms with Crippen LogP contribution in [0.25, 0.3) is 0 Å². The highest BCUT2D eigenvalue weighted by Gasteiger charge is 2.33. The molecule has 0 saturated carbocycles. The van der Waals surface area contributed by atoms with Gasteiger partial charge in [0.15, 0.2) is 0 Å². The number of amides is 6. The van der Waals surface area contributed by atoms with E-state index in [1.165, 1.54) is 12.1 Å². The monoisotopic (exact) mass is 719 g/mol. The van der Waals surface area contributed by atoms with Crippen LogP contribution in [0.3, 0.4) is 0 Å². The zero-order chi connectivity index (χ0) is 36.6. The van der Waals surface area contributed by atoms with Gasteiger partial charge in [-0.3, -0.25) is 28.8 Å². The first-order chi connectivity index (χ1) is 24.6. The molecule has 0 N–H and O–H groups in total. The summed E-state index contributed by atoms with van der Waals surface area (Å²) in [6.45, 7) is 1.18. The second kappa shape index (κ2) is 19.8. The Hall–Kier alpha value is -5.24. The van der Waals surface area contributed by atoms with Gasteiger partial charge in [0.2, 0.25) is 0 Å². The van der Waals surface area contributed by atoms with E-state index in [-0.39, 0.29) is 110 Å². The van der Waals surface area contributed by atoms with Crippen LogP contribution in [-0.4, -0.2) is 124 Å². The van der Waals surface area contributed by atoms with Gasteiger partial charge in [-0.15, -0.1) is 10.1 Å². The maximum absolute atomic E-state index is 12.3. The Morgan fingerprint density at radius 3 is 1.24 bits per heavy atom. The van der Waals surface area contributed by atoms with Crippen molar-refractivity contribution in [2.45, 2.75) is 38.5 Å². The van der Waals surface area contributed by atoms with E-state index in [9.17, 15) is 38.4 Å². The molecule has 1 aromatic carbocycles. The average Bonchev–Trinajstić information content (AvgIpc) is 3.73. The summed E-state index contributed by atoms with van der Waals surface area (Å²) < 4.78 is 33.1. The number of rotatable bonds is 23. The molecule has 6 amide bonds. The third-order valence-corrected chi connectivity index (χ3v) is 6.97. The first kappa shape index (κ1) is 38.6. The molecule has 276 valence electrons. The van der Waals surface area contributed by atoms with Crippen molar-refractivity contribution in [3.05, 3.63) is 30.4 Å². The third-order valence-electron chi connectivity index (χ3n) is 6.97. The minimum absolute atomic E-state index is 0.00117. The van der Waals surface area contributed by atoms with Gasteiger partial charge in [0.1, 0.15) is 24.7 Å². The summed E-state index contributed by atoms with van der Waals surface area (Å²) in [6.07, 6.45) is 2.03. The Morgan fingerprint density at radius 1 is 0.490 bits per heavy atom. The van der Waals surface area contributed by atoms with Crippen LogP contribution in [0.4, 0.5) is 5.69 Å². The Labute approximate surface area is 291 Å². The van der Waals surface area contributed by atoms with E-state index >= 15 is 0 Å². The first-order valence-electron chi connectivity index (χ1n) is 16.0. The van der Waals surface area contributed by atoms with E-state index in [4.69, 9.17) is 38.1 Å². The molecule has 19 heteroatoms. The lowest BCUT2D eigenvalue weighted by Gasteiger charge is -2.18. The Balaban J connectivity index is 1.09. The molecule has 3 aliphatic rings. The molecule has 19 nitrogen and oxygen atoms in total. The maximum Gasteiger partial charge on any atom is 0.335 e. The molecule has 3 aliphatic heterocycles. The average molecular weight is 720 g/mol. The zero-order valence-corrected chi connectivity index (χ0v) is 27.6. The van der Waals surface area contributed by atoms with Crippen LogP contribution >= 0.6 is 0 Å². The highest BCUT2D eigenvalue weighted by atomic mass is 16.7. The molecule has 2 saturated heterocycles. The van der Waals surface area contributed by atoms with E-state index in [1.54, 1.807) is 6.07 Å². The summed E-state index contributed by atoms with van der Waals surface area (Å²) >= 11 is 0. The summed E-state index contributed by atoms with van der Waals surface area (Å²) in [5.74, 6) is -4.21. The van der Waals surface area contributed by atoms with Gasteiger partial charge >= 0.3 is 11.9 Å². The molecular formula is C32H37N3O16. The number of ether oxygens (including phenoxy) is 6. The quantitative estimate of drug-likeness (QED) is 0.107. The van der Waals surface area contributed by atoms with Gasteiger partial charge in [0.25, 0.3) is 35.4 Å². The summed E-state index contributed by atoms with van der Waals surface area (Å²) in [7, 11) is 0. The molecule has 0 spiro atoms. The van der Waals surface area contributed by atoms with Crippen LogP contribution in [0.2, 0.25) is 0 Å². The number of hydroxylamine groups is 4. The SMILES string of the molecule is O=C(CCOCCOCCOc1cc(OCCOCCOCCC(=O)ON2C(=O)CCC2=O)cc(N2C(=O)C=CC2=O)c1)ON1C(=O)CCC1=O. The molecule has 0 unspecified atom stereocenters. The molecule has 0 radical (unpaired) electrons. The molecule has 0 aromatic heterocycles. The van der Waals surface area contributed by atoms with Crippen molar-refractivity contribution >= 4 is 53.1 Å². The predicted molar refractivity (Wildman–Crippen MR) is 166 cm³/mol. The number of hydrogen-bond donors (Lipinski definition) is 0. The van der Waals surface area contributed by atoms with E-state index in [0.717, 1.165) is 17.1 Å². The van der Waals surface area contributed by atoms with Crippen LogP contribution < -0.4 is 14.4 Å². The van der Waals surface area contributed by atoms with Gasteiger partial charge in [-0.25, -0.2) is 14.5 Å². The molecule has 4 rings (SSSR count). The van der Waals surface area contributed by atoms with Gasteiger partial charge in [-0.1, -0.05) is 0 Å². The van der Waals surface area contributed by atoms with Crippen LogP contribution in [-0.2, 0) is 67.0 Å². The number of hydrogen-bond acceptors (Lipinski definition) is 16. The fourth-order valence-electron chi connectivity index (χ4n) is 4.51. The number of benzene rings is 1. The highest BCUT2D eigenvalue weighted by molar-refractivity contribution is 6.28. The maximum atomic E-state index is 12.3. The molecule has 0 aliphatic carbocycles. The summed E-state index contributed by atoms with van der Waals surface area (Å²) in [4.78, 5) is 105. The number of carbonyl (C=O) groups excluding carboxylic acids is 8. The van der Waals surface area contributed by atoms with Crippen LogP contribution in [0.15, 0.2) is 30.4 Å². The van der Waals surface area contributed by atoms with Crippen molar-refractivity contribution in [3.8, 4) is 11.5 Å². The molecular weight excluding hydrogens is 682 g/mol. The molecule has 3 heterocycles. The molecule has 0 atom stereocenters. The predicted octanol–water partition coefficient (Wildman–Crippen LogP) is -0.0654. The van der Waals surface area contributed by atoms with E-state index < -0.39 is 47.4 Å². The van der Waals surface area contributed by atoms with Crippen molar-refractivity contribution in [2.24, 2.45) is 0 Å². The van der Waals surface area contributed by atoms with Crippen molar-refractivity contribution in [1.29, 1.82) is 0 Å². The topological polar surface area (TPSA) is 220 Å². The largest absolute Gasteiger partial charge is 0.491 e. The lowest BCUT2D eigenvalue weighted by molar-refractivity contribution is -0.198. The fourth-order valence-corrected chi connectivity index (χ4v) is 4.51. The van der Waals surface area contributed by atoms with Gasteiger partial charge in [-0.2, -0.15) is 0 Å². The number of imide groups is 3. The van der Waals surface area contributed by atoms with Crippen LogP contribution in [0.5, 0.6) is 11.5 Å². The minimum Gasteiger partial charge on any atom is -0.491 e. The van der Waals surface area contributed by atoms with Crippen molar-refractivity contribution in [1.82, 2.24) is 10.1 Å². The number of carbonyl (C=O) groups is 8. The molecule has 1 aromatic rings. The molecule has 0 bridgehead atoms. The van der Waals surface area contributed by atoms with Crippen molar-refractivity contribution < 1.29 is 76.5 Å². The van der Waals surface area contributed by atoms with E-state index in [2.05, 4.69) is 0 Å². The van der Waals surface area contributed by atoms with Crippen molar-refractivity contribution in [2.75, 3.05) is 71.0 Å². The summed E-state index contributed by atoms with van der Waals surface area (Å²) in [5.41, 5.74) is 0.236. The zero-order valence-electron chi connectivity index (χ0n) is 27.6. The summed E-state index contributed by atoms with van der Waals surface area (Å²) in [5, 5.41) is 0.952. The highest BCUT2D eigenvalue weighted by Crippen LogP contribution is 2.30. The van der Waals surface area contributed by atoms with Crippen molar-refractivity contribution in [3.63, 3.8) is 0 Å². The van der Waals surface area contributed by atoms with Crippen LogP contribution in [0.1, 0.15) is 38.5 Å². The lowest BCUT2D eigenvalue weighted by atomic mass is 10.2. The Bertz CT molecular complexity index is 1370. The van der Waals surface area contributed by atoms with Gasteiger partial charge < -0.3 is 38.1 Å². The molecule has 2 fully saturated rings. The first-order valence-corrected chi connectivity index (χ1v) is 16.0. The second-order valence-corrected chi connectivity index (χ2v) is 10.7. The number of nitrogens with zero attached hydrogens (tertiary/aromatic N) is 3. The fraction of sp³-hybridized carbons (Fsp3) is 0.500. The smallest absolute Gasteiger partial charge is 0.335 e. The normalized spacial score (nSPS) is 15.8.